The molecule has 6 nitrogen and oxygen atoms in total. The molecule has 0 radical (unpaired) electrons. The summed E-state index contributed by atoms with van der Waals surface area (Å²) in [6.07, 6.45) is 5.30. The Balaban J connectivity index is 0.00000243. The van der Waals surface area contributed by atoms with E-state index in [4.69, 9.17) is 9.73 Å². The van der Waals surface area contributed by atoms with E-state index in [2.05, 4.69) is 41.2 Å². The lowest BCUT2D eigenvalue weighted by Crippen LogP contribution is -2.51. The third kappa shape index (κ3) is 6.49. The van der Waals surface area contributed by atoms with Gasteiger partial charge in [-0.15, -0.1) is 24.0 Å². The van der Waals surface area contributed by atoms with E-state index in [9.17, 15) is 0 Å². The van der Waals surface area contributed by atoms with Crippen LogP contribution in [0.25, 0.3) is 0 Å². The van der Waals surface area contributed by atoms with Crippen LogP contribution in [0.4, 0.5) is 0 Å². The Morgan fingerprint density at radius 1 is 1.19 bits per heavy atom. The number of likely N-dealkylation sites (tertiary alicyclic amines) is 1. The Morgan fingerprint density at radius 2 is 1.92 bits per heavy atom. The van der Waals surface area contributed by atoms with E-state index in [1.54, 1.807) is 0 Å². The van der Waals surface area contributed by atoms with Gasteiger partial charge in [-0.25, -0.2) is 0 Å². The summed E-state index contributed by atoms with van der Waals surface area (Å²) in [7, 11) is 0. The summed E-state index contributed by atoms with van der Waals surface area (Å²) < 4.78 is 5.55. The van der Waals surface area contributed by atoms with Crippen LogP contribution in [-0.2, 0) is 4.74 Å². The highest BCUT2D eigenvalue weighted by atomic mass is 127. The number of nitrogens with zero attached hydrogens (tertiary/aromatic N) is 3. The van der Waals surface area contributed by atoms with Gasteiger partial charge in [-0.3, -0.25) is 9.89 Å². The van der Waals surface area contributed by atoms with Gasteiger partial charge in [0.1, 0.15) is 0 Å². The van der Waals surface area contributed by atoms with E-state index in [1.807, 2.05) is 0 Å². The molecule has 2 heterocycles. The number of nitrogens with one attached hydrogen (secondary N) is 2. The molecule has 2 aliphatic heterocycles. The Bertz CT molecular complexity index is 438. The van der Waals surface area contributed by atoms with Gasteiger partial charge in [0, 0.05) is 50.3 Å². The average Bonchev–Trinajstić information content (AvgIpc) is 3.46. The van der Waals surface area contributed by atoms with Gasteiger partial charge in [0.05, 0.1) is 19.8 Å². The second-order valence-electron chi connectivity index (χ2n) is 7.92. The van der Waals surface area contributed by atoms with E-state index < -0.39 is 0 Å². The lowest BCUT2D eigenvalue weighted by atomic mass is 10.1. The van der Waals surface area contributed by atoms with Crippen LogP contribution in [-0.4, -0.2) is 85.9 Å². The molecule has 2 unspecified atom stereocenters. The van der Waals surface area contributed by atoms with Crippen molar-refractivity contribution in [2.75, 3.05) is 45.9 Å². The number of morpholine rings is 1. The quantitative estimate of drug-likeness (QED) is 0.346. The molecule has 3 rings (SSSR count). The molecule has 2 atom stereocenters. The summed E-state index contributed by atoms with van der Waals surface area (Å²) in [4.78, 5) is 10.1. The molecule has 0 bridgehead atoms. The monoisotopic (exact) mass is 479 g/mol. The van der Waals surface area contributed by atoms with Crippen LogP contribution in [0.2, 0.25) is 0 Å². The Morgan fingerprint density at radius 3 is 2.54 bits per heavy atom. The molecule has 1 aliphatic carbocycles. The number of rotatable bonds is 6. The lowest BCUT2D eigenvalue weighted by Gasteiger charge is -2.37. The lowest BCUT2D eigenvalue weighted by molar-refractivity contribution is -0.0165. The van der Waals surface area contributed by atoms with Gasteiger partial charge in [0.15, 0.2) is 5.96 Å². The minimum atomic E-state index is 0. The standard InChI is InChI=1S/C19H37N5O.HI/c1-4-20-19(21-13-15(2)24-11-12-25-14-16(24)3)22-17-7-9-23(10-8-17)18-5-6-18;/h15-18H,4-14H2,1-3H3,(H2,20,21,22);1H. The molecular formula is C19H38IN5O. The van der Waals surface area contributed by atoms with Crippen molar-refractivity contribution in [3.8, 4) is 0 Å². The average molecular weight is 479 g/mol. The van der Waals surface area contributed by atoms with Crippen molar-refractivity contribution in [3.63, 3.8) is 0 Å². The molecule has 0 aromatic heterocycles. The first-order valence-electron chi connectivity index (χ1n) is 10.3. The van der Waals surface area contributed by atoms with Gasteiger partial charge in [-0.05, 0) is 46.5 Å². The third-order valence-corrected chi connectivity index (χ3v) is 5.78. The van der Waals surface area contributed by atoms with Gasteiger partial charge in [-0.2, -0.15) is 0 Å². The molecule has 3 fully saturated rings. The number of hydrogen-bond donors (Lipinski definition) is 2. The zero-order chi connectivity index (χ0) is 17.6. The Hall–Kier alpha value is -0.120. The summed E-state index contributed by atoms with van der Waals surface area (Å²) in [6.45, 7) is 13.6. The van der Waals surface area contributed by atoms with E-state index in [-0.39, 0.29) is 24.0 Å². The van der Waals surface area contributed by atoms with Gasteiger partial charge in [-0.1, -0.05) is 0 Å². The highest BCUT2D eigenvalue weighted by Gasteiger charge is 2.32. The molecule has 2 N–H and O–H groups in total. The number of aliphatic imine (C=N–C) groups is 1. The van der Waals surface area contributed by atoms with Crippen LogP contribution in [0.5, 0.6) is 0 Å². The number of halogens is 1. The van der Waals surface area contributed by atoms with E-state index in [0.717, 1.165) is 44.8 Å². The summed E-state index contributed by atoms with van der Waals surface area (Å²) >= 11 is 0. The van der Waals surface area contributed by atoms with Crippen molar-refractivity contribution in [2.45, 2.75) is 70.6 Å². The SMILES string of the molecule is CCNC(=NCC(C)N1CCOCC1C)NC1CCN(C2CC2)CC1.I. The van der Waals surface area contributed by atoms with Crippen LogP contribution in [0.3, 0.4) is 0 Å². The van der Waals surface area contributed by atoms with E-state index in [0.29, 0.717) is 18.1 Å². The Labute approximate surface area is 176 Å². The van der Waals surface area contributed by atoms with Crippen molar-refractivity contribution in [3.05, 3.63) is 0 Å². The molecule has 1 saturated carbocycles. The molecule has 7 heteroatoms. The topological polar surface area (TPSA) is 52.1 Å². The molecule has 152 valence electrons. The Kier molecular flexibility index (Phi) is 9.40. The third-order valence-electron chi connectivity index (χ3n) is 5.78. The fourth-order valence-electron chi connectivity index (χ4n) is 4.09. The van der Waals surface area contributed by atoms with Crippen molar-refractivity contribution in [1.82, 2.24) is 20.4 Å². The van der Waals surface area contributed by atoms with E-state index in [1.165, 1.54) is 38.8 Å². The first-order valence-corrected chi connectivity index (χ1v) is 10.3. The number of ether oxygens (including phenoxy) is 1. The number of hydrogen-bond acceptors (Lipinski definition) is 4. The second kappa shape index (κ2) is 11.0. The maximum Gasteiger partial charge on any atom is 0.191 e. The van der Waals surface area contributed by atoms with Crippen LogP contribution in [0, 0.1) is 0 Å². The molecule has 26 heavy (non-hydrogen) atoms. The highest BCUT2D eigenvalue weighted by molar-refractivity contribution is 14.0. The highest BCUT2D eigenvalue weighted by Crippen LogP contribution is 2.29. The van der Waals surface area contributed by atoms with Crippen LogP contribution in [0.15, 0.2) is 4.99 Å². The fourth-order valence-corrected chi connectivity index (χ4v) is 4.09. The molecular weight excluding hydrogens is 441 g/mol. The van der Waals surface area contributed by atoms with Gasteiger partial charge in [0.2, 0.25) is 0 Å². The van der Waals surface area contributed by atoms with Crippen molar-refractivity contribution < 1.29 is 4.74 Å². The molecule has 0 aromatic rings. The van der Waals surface area contributed by atoms with Crippen LogP contribution >= 0.6 is 24.0 Å². The first kappa shape index (κ1) is 22.2. The normalized spacial score (nSPS) is 27.7. The van der Waals surface area contributed by atoms with Crippen LogP contribution in [0.1, 0.15) is 46.5 Å². The predicted octanol–water partition coefficient (Wildman–Crippen LogP) is 1.90. The minimum Gasteiger partial charge on any atom is -0.379 e. The smallest absolute Gasteiger partial charge is 0.191 e. The summed E-state index contributed by atoms with van der Waals surface area (Å²) in [5, 5.41) is 7.10. The van der Waals surface area contributed by atoms with Crippen molar-refractivity contribution in [2.24, 2.45) is 4.99 Å². The zero-order valence-corrected chi connectivity index (χ0v) is 19.1. The molecule has 0 amide bonds. The zero-order valence-electron chi connectivity index (χ0n) is 16.7. The summed E-state index contributed by atoms with van der Waals surface area (Å²) in [5.74, 6) is 0.986. The maximum absolute atomic E-state index is 5.55. The largest absolute Gasteiger partial charge is 0.379 e. The van der Waals surface area contributed by atoms with Crippen molar-refractivity contribution in [1.29, 1.82) is 0 Å². The minimum absolute atomic E-state index is 0. The molecule has 2 saturated heterocycles. The number of piperidine rings is 1. The van der Waals surface area contributed by atoms with Gasteiger partial charge >= 0.3 is 0 Å². The fraction of sp³-hybridized carbons (Fsp3) is 0.947. The van der Waals surface area contributed by atoms with Crippen molar-refractivity contribution >= 4 is 29.9 Å². The first-order chi connectivity index (χ1) is 12.2. The predicted molar refractivity (Wildman–Crippen MR) is 119 cm³/mol. The summed E-state index contributed by atoms with van der Waals surface area (Å²) in [5.41, 5.74) is 0. The van der Waals surface area contributed by atoms with E-state index >= 15 is 0 Å². The van der Waals surface area contributed by atoms with Gasteiger partial charge < -0.3 is 20.3 Å². The van der Waals surface area contributed by atoms with Gasteiger partial charge in [0.25, 0.3) is 0 Å². The molecule has 0 spiro atoms. The molecule has 0 aromatic carbocycles. The van der Waals surface area contributed by atoms with Crippen LogP contribution < -0.4 is 10.6 Å². The molecule has 3 aliphatic rings. The summed E-state index contributed by atoms with van der Waals surface area (Å²) in [6, 6.07) is 2.40. The second-order valence-corrected chi connectivity index (χ2v) is 7.92. The maximum atomic E-state index is 5.55. The number of guanidine groups is 1.